The van der Waals surface area contributed by atoms with Crippen molar-refractivity contribution in [1.82, 2.24) is 14.5 Å². The molecule has 0 aliphatic rings. The Bertz CT molecular complexity index is 652. The topological polar surface area (TPSA) is 67.6 Å². The summed E-state index contributed by atoms with van der Waals surface area (Å²) >= 11 is 0. The van der Waals surface area contributed by atoms with Gasteiger partial charge < -0.3 is 19.3 Å². The minimum absolute atomic E-state index is 0.0675. The van der Waals surface area contributed by atoms with E-state index >= 15 is 0 Å². The number of aliphatic hydroxyl groups is 1. The monoisotopic (exact) mass is 331 g/mol. The lowest BCUT2D eigenvalue weighted by Crippen LogP contribution is -2.28. The number of aryl methyl sites for hydroxylation is 2. The number of carbonyl (C=O) groups is 1. The van der Waals surface area contributed by atoms with Gasteiger partial charge in [0.25, 0.3) is 0 Å². The van der Waals surface area contributed by atoms with E-state index in [1.807, 2.05) is 48.3 Å². The molecule has 0 saturated carbocycles. The summed E-state index contributed by atoms with van der Waals surface area (Å²) in [4.78, 5) is 16.9. The van der Waals surface area contributed by atoms with Crippen molar-refractivity contribution in [2.45, 2.75) is 32.9 Å². The van der Waals surface area contributed by atoms with Crippen LogP contribution in [0, 0.1) is 6.92 Å². The van der Waals surface area contributed by atoms with Crippen molar-refractivity contribution in [3.05, 3.63) is 48.0 Å². The molecule has 1 aromatic heterocycles. The highest BCUT2D eigenvalue weighted by Crippen LogP contribution is 2.18. The molecule has 24 heavy (non-hydrogen) atoms. The number of aromatic nitrogens is 2. The highest BCUT2D eigenvalue weighted by molar-refractivity contribution is 5.72. The SMILES string of the molecule is CC(=O)N(C)C[C@H](O)c1ccc(OCCCn2cnc(C)c2)cc1. The highest BCUT2D eigenvalue weighted by atomic mass is 16.5. The summed E-state index contributed by atoms with van der Waals surface area (Å²) < 4.78 is 7.75. The standard InChI is InChI=1S/C18H25N3O3/c1-14-11-21(13-19-14)9-4-10-24-17-7-5-16(6-8-17)18(23)12-20(3)15(2)22/h5-8,11,13,18,23H,4,9-10,12H2,1-3H3/t18-/m0/s1. The van der Waals surface area contributed by atoms with Crippen molar-refractivity contribution in [1.29, 1.82) is 0 Å². The zero-order valence-corrected chi connectivity index (χ0v) is 14.5. The minimum atomic E-state index is -0.697. The van der Waals surface area contributed by atoms with Crippen LogP contribution in [0.1, 0.15) is 30.7 Å². The Labute approximate surface area is 142 Å². The first-order valence-corrected chi connectivity index (χ1v) is 8.06. The van der Waals surface area contributed by atoms with Gasteiger partial charge in [-0.1, -0.05) is 12.1 Å². The molecule has 0 spiro atoms. The van der Waals surface area contributed by atoms with Crippen molar-refractivity contribution in [3.8, 4) is 5.75 Å². The number of ether oxygens (including phenoxy) is 1. The van der Waals surface area contributed by atoms with E-state index in [1.54, 1.807) is 7.05 Å². The van der Waals surface area contributed by atoms with Gasteiger partial charge in [0.1, 0.15) is 5.75 Å². The summed E-state index contributed by atoms with van der Waals surface area (Å²) in [7, 11) is 1.67. The van der Waals surface area contributed by atoms with Crippen LogP contribution in [0.3, 0.4) is 0 Å². The Hall–Kier alpha value is -2.34. The fourth-order valence-electron chi connectivity index (χ4n) is 2.31. The van der Waals surface area contributed by atoms with Gasteiger partial charge >= 0.3 is 0 Å². The van der Waals surface area contributed by atoms with Gasteiger partial charge in [0, 0.05) is 26.7 Å². The van der Waals surface area contributed by atoms with Gasteiger partial charge in [0.05, 0.1) is 31.3 Å². The van der Waals surface area contributed by atoms with Crippen LogP contribution >= 0.6 is 0 Å². The van der Waals surface area contributed by atoms with Gasteiger partial charge in [0.2, 0.25) is 5.91 Å². The molecule has 0 unspecified atom stereocenters. The average Bonchev–Trinajstić information content (AvgIpc) is 2.97. The average molecular weight is 331 g/mol. The van der Waals surface area contributed by atoms with Crippen molar-refractivity contribution in [3.63, 3.8) is 0 Å². The predicted octanol–water partition coefficient (Wildman–Crippen LogP) is 2.17. The Morgan fingerprint density at radius 1 is 1.38 bits per heavy atom. The van der Waals surface area contributed by atoms with Crippen molar-refractivity contribution >= 4 is 5.91 Å². The Morgan fingerprint density at radius 3 is 2.67 bits per heavy atom. The molecule has 1 N–H and O–H groups in total. The van der Waals surface area contributed by atoms with E-state index in [0.29, 0.717) is 6.61 Å². The number of aliphatic hydroxyl groups excluding tert-OH is 1. The second-order valence-electron chi connectivity index (χ2n) is 5.94. The number of benzene rings is 1. The third-order valence-electron chi connectivity index (χ3n) is 3.84. The van der Waals surface area contributed by atoms with Gasteiger partial charge in [0.15, 0.2) is 0 Å². The fraction of sp³-hybridized carbons (Fsp3) is 0.444. The molecule has 130 valence electrons. The summed E-state index contributed by atoms with van der Waals surface area (Å²) in [5.74, 6) is 0.703. The van der Waals surface area contributed by atoms with Crippen LogP contribution in [0.5, 0.6) is 5.75 Å². The van der Waals surface area contributed by atoms with Crippen LogP contribution in [-0.2, 0) is 11.3 Å². The van der Waals surface area contributed by atoms with Crippen LogP contribution in [0.15, 0.2) is 36.8 Å². The summed E-state index contributed by atoms with van der Waals surface area (Å²) in [5, 5.41) is 10.1. The molecule has 0 aliphatic carbocycles. The minimum Gasteiger partial charge on any atom is -0.494 e. The number of likely N-dealkylation sites (N-methyl/N-ethyl adjacent to an activating group) is 1. The molecule has 1 heterocycles. The molecule has 2 aromatic rings. The molecule has 2 rings (SSSR count). The molecule has 6 heteroatoms. The maximum atomic E-state index is 11.2. The third-order valence-corrected chi connectivity index (χ3v) is 3.84. The number of amides is 1. The third kappa shape index (κ3) is 5.38. The summed E-state index contributed by atoms with van der Waals surface area (Å²) in [5.41, 5.74) is 1.78. The van der Waals surface area contributed by atoms with Gasteiger partial charge in [-0.05, 0) is 31.0 Å². The van der Waals surface area contributed by atoms with Crippen molar-refractivity contribution < 1.29 is 14.6 Å². The van der Waals surface area contributed by atoms with E-state index in [-0.39, 0.29) is 12.5 Å². The van der Waals surface area contributed by atoms with Crippen molar-refractivity contribution in [2.24, 2.45) is 0 Å². The largest absolute Gasteiger partial charge is 0.494 e. The lowest BCUT2D eigenvalue weighted by Gasteiger charge is -2.19. The first-order chi connectivity index (χ1) is 11.5. The van der Waals surface area contributed by atoms with Crippen LogP contribution in [-0.4, -0.2) is 45.7 Å². The van der Waals surface area contributed by atoms with E-state index in [9.17, 15) is 9.90 Å². The molecule has 0 bridgehead atoms. The number of hydrogen-bond donors (Lipinski definition) is 1. The smallest absolute Gasteiger partial charge is 0.219 e. The predicted molar refractivity (Wildman–Crippen MR) is 91.8 cm³/mol. The highest BCUT2D eigenvalue weighted by Gasteiger charge is 2.12. The van der Waals surface area contributed by atoms with Crippen LogP contribution in [0.25, 0.3) is 0 Å². The van der Waals surface area contributed by atoms with E-state index in [4.69, 9.17) is 4.74 Å². The molecule has 0 saturated heterocycles. The maximum absolute atomic E-state index is 11.2. The number of imidazole rings is 1. The second-order valence-corrected chi connectivity index (χ2v) is 5.94. The quantitative estimate of drug-likeness (QED) is 0.753. The second kappa shape index (κ2) is 8.49. The van der Waals surface area contributed by atoms with E-state index in [1.165, 1.54) is 11.8 Å². The number of carbonyl (C=O) groups excluding carboxylic acids is 1. The Morgan fingerprint density at radius 2 is 2.08 bits per heavy atom. The first kappa shape index (κ1) is 18.0. The Kier molecular flexibility index (Phi) is 6.37. The summed E-state index contributed by atoms with van der Waals surface area (Å²) in [6.45, 7) is 5.22. The molecule has 1 atom stereocenters. The molecular formula is C18H25N3O3. The molecule has 1 aromatic carbocycles. The normalized spacial score (nSPS) is 12.0. The van der Waals surface area contributed by atoms with Crippen molar-refractivity contribution in [2.75, 3.05) is 20.2 Å². The lowest BCUT2D eigenvalue weighted by atomic mass is 10.1. The number of rotatable bonds is 8. The molecule has 0 radical (unpaired) electrons. The number of nitrogens with zero attached hydrogens (tertiary/aromatic N) is 3. The lowest BCUT2D eigenvalue weighted by molar-refractivity contribution is -0.128. The fourth-order valence-corrected chi connectivity index (χ4v) is 2.31. The van der Waals surface area contributed by atoms with Crippen LogP contribution < -0.4 is 4.74 Å². The number of hydrogen-bond acceptors (Lipinski definition) is 4. The van der Waals surface area contributed by atoms with Gasteiger partial charge in [-0.3, -0.25) is 4.79 Å². The van der Waals surface area contributed by atoms with E-state index in [0.717, 1.165) is 30.0 Å². The van der Waals surface area contributed by atoms with Gasteiger partial charge in [-0.25, -0.2) is 4.98 Å². The van der Waals surface area contributed by atoms with Crippen LogP contribution in [0.4, 0.5) is 0 Å². The molecule has 6 nitrogen and oxygen atoms in total. The molecule has 1 amide bonds. The van der Waals surface area contributed by atoms with Gasteiger partial charge in [-0.2, -0.15) is 0 Å². The Balaban J connectivity index is 1.76. The van der Waals surface area contributed by atoms with E-state index < -0.39 is 6.10 Å². The summed E-state index contributed by atoms with van der Waals surface area (Å²) in [6, 6.07) is 7.34. The first-order valence-electron chi connectivity index (χ1n) is 8.06. The van der Waals surface area contributed by atoms with Gasteiger partial charge in [-0.15, -0.1) is 0 Å². The van der Waals surface area contributed by atoms with Crippen LogP contribution in [0.2, 0.25) is 0 Å². The summed E-state index contributed by atoms with van der Waals surface area (Å²) in [6.07, 6.45) is 4.03. The molecule has 0 fully saturated rings. The zero-order valence-electron chi connectivity index (χ0n) is 14.5. The van der Waals surface area contributed by atoms with E-state index in [2.05, 4.69) is 4.98 Å². The maximum Gasteiger partial charge on any atom is 0.219 e. The zero-order chi connectivity index (χ0) is 17.5. The molecular weight excluding hydrogens is 306 g/mol. The molecule has 0 aliphatic heterocycles.